The summed E-state index contributed by atoms with van der Waals surface area (Å²) in [5, 5.41) is 16.8. The molecular weight excluding hydrogens is 222 g/mol. The molecule has 17 heavy (non-hydrogen) atoms. The highest BCUT2D eigenvalue weighted by Crippen LogP contribution is 2.02. The molecule has 0 saturated heterocycles. The third kappa shape index (κ3) is 2.66. The second-order valence-electron chi connectivity index (χ2n) is 3.47. The van der Waals surface area contributed by atoms with Crippen molar-refractivity contribution in [1.82, 2.24) is 15.0 Å². The van der Waals surface area contributed by atoms with Crippen LogP contribution in [0.15, 0.2) is 29.1 Å². The zero-order valence-electron chi connectivity index (χ0n) is 9.24. The maximum atomic E-state index is 11.9. The molecule has 2 rings (SSSR count). The van der Waals surface area contributed by atoms with E-state index in [4.69, 9.17) is 9.84 Å². The standard InChI is InChI=1S/C11H13N3O3/c15-6-8-17-7-5-14-11(16)9-3-1-2-4-10(9)12-13-14/h1-4,15H,5-8H2. The fourth-order valence-corrected chi connectivity index (χ4v) is 1.49. The Labute approximate surface area is 97.4 Å². The highest BCUT2D eigenvalue weighted by molar-refractivity contribution is 5.76. The molecule has 0 fully saturated rings. The van der Waals surface area contributed by atoms with Gasteiger partial charge in [0.25, 0.3) is 5.56 Å². The van der Waals surface area contributed by atoms with Gasteiger partial charge in [0.05, 0.1) is 31.8 Å². The number of benzene rings is 1. The van der Waals surface area contributed by atoms with Crippen molar-refractivity contribution in [3.05, 3.63) is 34.6 Å². The van der Waals surface area contributed by atoms with Crippen LogP contribution in [0.3, 0.4) is 0 Å². The zero-order valence-corrected chi connectivity index (χ0v) is 9.24. The average Bonchev–Trinajstić information content (AvgIpc) is 2.37. The van der Waals surface area contributed by atoms with E-state index in [1.54, 1.807) is 18.2 Å². The Morgan fingerprint density at radius 1 is 1.29 bits per heavy atom. The molecule has 90 valence electrons. The van der Waals surface area contributed by atoms with Crippen molar-refractivity contribution in [2.45, 2.75) is 6.54 Å². The van der Waals surface area contributed by atoms with E-state index in [1.807, 2.05) is 6.07 Å². The van der Waals surface area contributed by atoms with Crippen LogP contribution < -0.4 is 5.56 Å². The Kier molecular flexibility index (Phi) is 3.79. The van der Waals surface area contributed by atoms with Gasteiger partial charge in [0.1, 0.15) is 5.52 Å². The quantitative estimate of drug-likeness (QED) is 0.726. The van der Waals surface area contributed by atoms with Crippen LogP contribution in [-0.4, -0.2) is 39.9 Å². The Morgan fingerprint density at radius 3 is 2.94 bits per heavy atom. The maximum Gasteiger partial charge on any atom is 0.277 e. The van der Waals surface area contributed by atoms with Gasteiger partial charge in [0.15, 0.2) is 0 Å². The maximum absolute atomic E-state index is 11.9. The number of nitrogens with zero attached hydrogens (tertiary/aromatic N) is 3. The number of aliphatic hydroxyl groups is 1. The molecule has 1 heterocycles. The smallest absolute Gasteiger partial charge is 0.277 e. The summed E-state index contributed by atoms with van der Waals surface area (Å²) in [6.07, 6.45) is 0. The van der Waals surface area contributed by atoms with Gasteiger partial charge in [-0.3, -0.25) is 4.79 Å². The highest BCUT2D eigenvalue weighted by atomic mass is 16.5. The Balaban J connectivity index is 2.18. The van der Waals surface area contributed by atoms with Gasteiger partial charge >= 0.3 is 0 Å². The molecule has 6 heteroatoms. The van der Waals surface area contributed by atoms with E-state index in [0.717, 1.165) is 0 Å². The first-order chi connectivity index (χ1) is 8.33. The van der Waals surface area contributed by atoms with E-state index in [9.17, 15) is 4.79 Å². The average molecular weight is 235 g/mol. The molecule has 0 amide bonds. The normalized spacial score (nSPS) is 10.9. The minimum atomic E-state index is -0.178. The number of ether oxygens (including phenoxy) is 1. The molecule has 0 saturated carbocycles. The second-order valence-corrected chi connectivity index (χ2v) is 3.47. The van der Waals surface area contributed by atoms with E-state index < -0.39 is 0 Å². The fourth-order valence-electron chi connectivity index (χ4n) is 1.49. The van der Waals surface area contributed by atoms with Crippen LogP contribution in [0.5, 0.6) is 0 Å². The monoisotopic (exact) mass is 235 g/mol. The lowest BCUT2D eigenvalue weighted by Crippen LogP contribution is -2.26. The molecule has 0 aliphatic heterocycles. The summed E-state index contributed by atoms with van der Waals surface area (Å²) >= 11 is 0. The minimum Gasteiger partial charge on any atom is -0.394 e. The van der Waals surface area contributed by atoms with Crippen molar-refractivity contribution in [2.75, 3.05) is 19.8 Å². The van der Waals surface area contributed by atoms with Gasteiger partial charge < -0.3 is 9.84 Å². The lowest BCUT2D eigenvalue weighted by molar-refractivity contribution is 0.0843. The van der Waals surface area contributed by atoms with Crippen LogP contribution in [-0.2, 0) is 11.3 Å². The second kappa shape index (κ2) is 5.51. The molecule has 0 aliphatic carbocycles. The number of rotatable bonds is 5. The van der Waals surface area contributed by atoms with Crippen molar-refractivity contribution in [1.29, 1.82) is 0 Å². The van der Waals surface area contributed by atoms with E-state index in [1.165, 1.54) is 4.68 Å². The molecule has 0 bridgehead atoms. The fraction of sp³-hybridized carbons (Fsp3) is 0.364. The van der Waals surface area contributed by atoms with Gasteiger partial charge in [-0.05, 0) is 12.1 Å². The SMILES string of the molecule is O=c1c2ccccc2nnn1CCOCCO. The van der Waals surface area contributed by atoms with Gasteiger partial charge in [0.2, 0.25) is 0 Å². The Bertz CT molecular complexity index is 553. The molecule has 1 aromatic heterocycles. The first-order valence-corrected chi connectivity index (χ1v) is 5.34. The molecule has 1 N–H and O–H groups in total. The van der Waals surface area contributed by atoms with Crippen LogP contribution in [0, 0.1) is 0 Å². The lowest BCUT2D eigenvalue weighted by Gasteiger charge is -2.04. The van der Waals surface area contributed by atoms with Crippen LogP contribution in [0.4, 0.5) is 0 Å². The predicted molar refractivity (Wildman–Crippen MR) is 61.7 cm³/mol. The van der Waals surface area contributed by atoms with Crippen LogP contribution >= 0.6 is 0 Å². The summed E-state index contributed by atoms with van der Waals surface area (Å²) in [4.78, 5) is 11.9. The van der Waals surface area contributed by atoms with Crippen molar-refractivity contribution in [3.63, 3.8) is 0 Å². The van der Waals surface area contributed by atoms with Crippen molar-refractivity contribution < 1.29 is 9.84 Å². The largest absolute Gasteiger partial charge is 0.394 e. The molecule has 2 aromatic rings. The molecule has 0 unspecified atom stereocenters. The molecule has 0 aliphatic rings. The molecule has 0 radical (unpaired) electrons. The van der Waals surface area contributed by atoms with Crippen molar-refractivity contribution >= 4 is 10.9 Å². The Hall–Kier alpha value is -1.79. The number of aliphatic hydroxyl groups excluding tert-OH is 1. The number of fused-ring (bicyclic) bond motifs is 1. The molecule has 6 nitrogen and oxygen atoms in total. The molecule has 0 atom stereocenters. The van der Waals surface area contributed by atoms with Gasteiger partial charge in [-0.2, -0.15) is 0 Å². The highest BCUT2D eigenvalue weighted by Gasteiger charge is 2.04. The first kappa shape index (κ1) is 11.7. The van der Waals surface area contributed by atoms with E-state index in [2.05, 4.69) is 10.3 Å². The third-order valence-electron chi connectivity index (χ3n) is 2.31. The van der Waals surface area contributed by atoms with Gasteiger partial charge in [-0.1, -0.05) is 17.3 Å². The van der Waals surface area contributed by atoms with Gasteiger partial charge in [0, 0.05) is 0 Å². The van der Waals surface area contributed by atoms with E-state index in [0.29, 0.717) is 24.1 Å². The summed E-state index contributed by atoms with van der Waals surface area (Å²) in [6, 6.07) is 7.07. The number of hydrogen-bond acceptors (Lipinski definition) is 5. The lowest BCUT2D eigenvalue weighted by atomic mass is 10.2. The first-order valence-electron chi connectivity index (χ1n) is 5.34. The number of aromatic nitrogens is 3. The molecule has 1 aromatic carbocycles. The van der Waals surface area contributed by atoms with E-state index in [-0.39, 0.29) is 18.8 Å². The zero-order chi connectivity index (χ0) is 12.1. The van der Waals surface area contributed by atoms with Gasteiger partial charge in [-0.15, -0.1) is 5.10 Å². The summed E-state index contributed by atoms with van der Waals surface area (Å²) in [5.41, 5.74) is 0.410. The minimum absolute atomic E-state index is 0.0295. The summed E-state index contributed by atoms with van der Waals surface area (Å²) in [6.45, 7) is 0.887. The van der Waals surface area contributed by atoms with Crippen LogP contribution in [0.25, 0.3) is 10.9 Å². The van der Waals surface area contributed by atoms with Crippen LogP contribution in [0.1, 0.15) is 0 Å². The third-order valence-corrected chi connectivity index (χ3v) is 2.31. The molecular formula is C11H13N3O3. The summed E-state index contributed by atoms with van der Waals surface area (Å²) in [5.74, 6) is 0. The predicted octanol–water partition coefficient (Wildman–Crippen LogP) is -0.200. The van der Waals surface area contributed by atoms with E-state index >= 15 is 0 Å². The summed E-state index contributed by atoms with van der Waals surface area (Å²) < 4.78 is 6.34. The van der Waals surface area contributed by atoms with Crippen LogP contribution in [0.2, 0.25) is 0 Å². The van der Waals surface area contributed by atoms with Crippen molar-refractivity contribution in [3.8, 4) is 0 Å². The Morgan fingerprint density at radius 2 is 2.12 bits per heavy atom. The summed E-state index contributed by atoms with van der Waals surface area (Å²) in [7, 11) is 0. The molecule has 0 spiro atoms. The van der Waals surface area contributed by atoms with Crippen molar-refractivity contribution in [2.24, 2.45) is 0 Å². The van der Waals surface area contributed by atoms with Gasteiger partial charge in [-0.25, -0.2) is 4.68 Å². The topological polar surface area (TPSA) is 77.2 Å². The number of hydrogen-bond donors (Lipinski definition) is 1.